The normalized spacial score (nSPS) is 17.2. The molecule has 6 heteroatoms. The lowest BCUT2D eigenvalue weighted by atomic mass is 10.1. The monoisotopic (exact) mass is 368 g/mol. The van der Waals surface area contributed by atoms with Crippen molar-refractivity contribution in [1.82, 2.24) is 5.43 Å². The molecule has 0 amide bonds. The number of carbonyl (C=O) groups excluding carboxylic acids is 1. The van der Waals surface area contributed by atoms with Gasteiger partial charge in [-0.1, -0.05) is 59.7 Å². The summed E-state index contributed by atoms with van der Waals surface area (Å²) in [6, 6.07) is 14.7. The summed E-state index contributed by atoms with van der Waals surface area (Å²) < 4.78 is 25.0. The van der Waals surface area contributed by atoms with E-state index in [-0.39, 0.29) is 12.2 Å². The zero-order valence-corrected chi connectivity index (χ0v) is 15.5. The zero-order valence-electron chi connectivity index (χ0n) is 14.6. The number of hydrogen-bond donors (Lipinski definition) is 1. The Kier molecular flexibility index (Phi) is 5.04. The molecule has 0 aromatic heterocycles. The highest BCUT2D eigenvalue weighted by atomic mass is 32.2. The Labute approximate surface area is 153 Å². The number of aryl methyl sites for hydroxylation is 2. The summed E-state index contributed by atoms with van der Waals surface area (Å²) in [6.45, 7) is 3.91. The number of ketones is 1. The van der Waals surface area contributed by atoms with Crippen LogP contribution in [0.5, 0.6) is 0 Å². The SMILES string of the molecule is Cc1ccc(C(=O)/C=C/S(=O)(=O)C2CC(c3ccc(C)cc3)=NN2)cc1. The highest BCUT2D eigenvalue weighted by Crippen LogP contribution is 2.18. The van der Waals surface area contributed by atoms with Crippen LogP contribution in [0.2, 0.25) is 0 Å². The van der Waals surface area contributed by atoms with Gasteiger partial charge in [0.15, 0.2) is 21.0 Å². The van der Waals surface area contributed by atoms with Gasteiger partial charge >= 0.3 is 0 Å². The average molecular weight is 368 g/mol. The zero-order chi connectivity index (χ0) is 18.7. The van der Waals surface area contributed by atoms with E-state index in [4.69, 9.17) is 0 Å². The lowest BCUT2D eigenvalue weighted by molar-refractivity contribution is 0.104. The van der Waals surface area contributed by atoms with Gasteiger partial charge in [0.05, 0.1) is 5.71 Å². The van der Waals surface area contributed by atoms with Gasteiger partial charge in [-0.2, -0.15) is 5.10 Å². The van der Waals surface area contributed by atoms with E-state index in [1.807, 2.05) is 50.2 Å². The Bertz CT molecular complexity index is 973. The molecular formula is C20H20N2O3S. The summed E-state index contributed by atoms with van der Waals surface area (Å²) in [5.74, 6) is -0.341. The van der Waals surface area contributed by atoms with Crippen molar-refractivity contribution < 1.29 is 13.2 Å². The molecule has 1 atom stereocenters. The van der Waals surface area contributed by atoms with Gasteiger partial charge in [0.25, 0.3) is 0 Å². The lowest BCUT2D eigenvalue weighted by Crippen LogP contribution is -2.28. The van der Waals surface area contributed by atoms with Crippen LogP contribution in [-0.2, 0) is 9.84 Å². The maximum Gasteiger partial charge on any atom is 0.194 e. The molecule has 1 aliphatic heterocycles. The quantitative estimate of drug-likeness (QED) is 0.650. The fraction of sp³-hybridized carbons (Fsp3) is 0.200. The molecule has 3 rings (SSSR count). The highest BCUT2D eigenvalue weighted by molar-refractivity contribution is 7.94. The van der Waals surface area contributed by atoms with Crippen molar-refractivity contribution in [1.29, 1.82) is 0 Å². The van der Waals surface area contributed by atoms with Crippen LogP contribution in [0.25, 0.3) is 0 Å². The van der Waals surface area contributed by atoms with Crippen LogP contribution < -0.4 is 5.43 Å². The molecule has 5 nitrogen and oxygen atoms in total. The number of sulfone groups is 1. The molecule has 0 aliphatic carbocycles. The third-order valence-electron chi connectivity index (χ3n) is 4.25. The van der Waals surface area contributed by atoms with Crippen LogP contribution in [0.15, 0.2) is 65.1 Å². The van der Waals surface area contributed by atoms with Crippen LogP contribution in [0.4, 0.5) is 0 Å². The van der Waals surface area contributed by atoms with E-state index >= 15 is 0 Å². The molecule has 2 aromatic carbocycles. The summed E-state index contributed by atoms with van der Waals surface area (Å²) in [5, 5.41) is 4.26. The third-order valence-corrected chi connectivity index (χ3v) is 5.83. The van der Waals surface area contributed by atoms with Gasteiger partial charge in [-0.05, 0) is 25.5 Å². The van der Waals surface area contributed by atoms with Crippen LogP contribution in [0.3, 0.4) is 0 Å². The third kappa shape index (κ3) is 4.08. The number of carbonyl (C=O) groups is 1. The van der Waals surface area contributed by atoms with Crippen molar-refractivity contribution in [2.45, 2.75) is 25.6 Å². The number of nitrogens with zero attached hydrogens (tertiary/aromatic N) is 1. The summed E-state index contributed by atoms with van der Waals surface area (Å²) >= 11 is 0. The fourth-order valence-corrected chi connectivity index (χ4v) is 3.69. The summed E-state index contributed by atoms with van der Waals surface area (Å²) in [5.41, 5.74) is 6.87. The second-order valence-electron chi connectivity index (χ2n) is 6.37. The van der Waals surface area contributed by atoms with Crippen LogP contribution in [-0.4, -0.2) is 25.3 Å². The van der Waals surface area contributed by atoms with Crippen LogP contribution in [0, 0.1) is 13.8 Å². The lowest BCUT2D eigenvalue weighted by Gasteiger charge is -2.07. The molecule has 2 aromatic rings. The second-order valence-corrected chi connectivity index (χ2v) is 8.39. The number of allylic oxidation sites excluding steroid dienone is 1. The first-order valence-electron chi connectivity index (χ1n) is 8.27. The number of benzene rings is 2. The Hall–Kier alpha value is -2.73. The number of nitrogens with one attached hydrogen (secondary N) is 1. The van der Waals surface area contributed by atoms with Gasteiger partial charge in [0, 0.05) is 17.4 Å². The van der Waals surface area contributed by atoms with Gasteiger partial charge < -0.3 is 0 Å². The van der Waals surface area contributed by atoms with Crippen LogP contribution in [0.1, 0.15) is 33.5 Å². The maximum atomic E-state index is 12.5. The van der Waals surface area contributed by atoms with Gasteiger partial charge in [0.2, 0.25) is 0 Å². The molecule has 1 aliphatic rings. The molecule has 0 fully saturated rings. The Balaban J connectivity index is 1.68. The minimum absolute atomic E-state index is 0.258. The smallest absolute Gasteiger partial charge is 0.194 e. The van der Waals surface area contributed by atoms with Crippen molar-refractivity contribution >= 4 is 21.3 Å². The molecule has 0 radical (unpaired) electrons. The Morgan fingerprint density at radius 1 is 1.04 bits per heavy atom. The van der Waals surface area contributed by atoms with Crippen molar-refractivity contribution in [2.24, 2.45) is 5.10 Å². The van der Waals surface area contributed by atoms with Crippen molar-refractivity contribution in [3.63, 3.8) is 0 Å². The largest absolute Gasteiger partial charge is 0.291 e. The summed E-state index contributed by atoms with van der Waals surface area (Å²) in [6.07, 6.45) is 1.36. The number of hydrazone groups is 1. The van der Waals surface area contributed by atoms with Crippen molar-refractivity contribution in [3.8, 4) is 0 Å². The molecule has 26 heavy (non-hydrogen) atoms. The van der Waals surface area contributed by atoms with Gasteiger partial charge in [-0.15, -0.1) is 0 Å². The van der Waals surface area contributed by atoms with E-state index in [1.165, 1.54) is 0 Å². The Morgan fingerprint density at radius 3 is 2.23 bits per heavy atom. The van der Waals surface area contributed by atoms with E-state index in [9.17, 15) is 13.2 Å². The van der Waals surface area contributed by atoms with Gasteiger partial charge in [0.1, 0.15) is 0 Å². The minimum Gasteiger partial charge on any atom is -0.291 e. The standard InChI is InChI=1S/C20H20N2O3S/c1-14-3-7-16(8-4-14)18-13-20(22-21-18)26(24,25)12-11-19(23)17-9-5-15(2)6-10-17/h3-12,20,22H,13H2,1-2H3/b12-11+. The Morgan fingerprint density at radius 2 is 1.62 bits per heavy atom. The van der Waals surface area contributed by atoms with E-state index < -0.39 is 15.2 Å². The van der Waals surface area contributed by atoms with E-state index in [0.29, 0.717) is 11.3 Å². The topological polar surface area (TPSA) is 75.6 Å². The van der Waals surface area contributed by atoms with Crippen molar-refractivity contribution in [2.75, 3.05) is 0 Å². The van der Waals surface area contributed by atoms with Crippen molar-refractivity contribution in [3.05, 3.63) is 82.3 Å². The first-order chi connectivity index (χ1) is 12.3. The molecule has 1 N–H and O–H groups in total. The molecule has 0 spiro atoms. The molecule has 0 saturated carbocycles. The molecule has 134 valence electrons. The minimum atomic E-state index is -3.65. The summed E-state index contributed by atoms with van der Waals surface area (Å²) in [7, 11) is -3.65. The summed E-state index contributed by atoms with van der Waals surface area (Å²) in [4.78, 5) is 12.1. The van der Waals surface area contributed by atoms with Gasteiger partial charge in [-0.25, -0.2) is 8.42 Å². The second kappa shape index (κ2) is 7.25. The van der Waals surface area contributed by atoms with E-state index in [2.05, 4.69) is 10.5 Å². The molecule has 0 bridgehead atoms. The van der Waals surface area contributed by atoms with Crippen LogP contribution >= 0.6 is 0 Å². The predicted octanol–water partition coefficient (Wildman–Crippen LogP) is 3.14. The highest BCUT2D eigenvalue weighted by Gasteiger charge is 2.29. The fourth-order valence-electron chi connectivity index (χ4n) is 2.60. The average Bonchev–Trinajstić information content (AvgIpc) is 3.12. The first kappa shape index (κ1) is 18.1. The number of rotatable bonds is 5. The molecular weight excluding hydrogens is 348 g/mol. The number of hydrogen-bond acceptors (Lipinski definition) is 5. The molecule has 1 heterocycles. The molecule has 1 unspecified atom stereocenters. The maximum absolute atomic E-state index is 12.5. The molecule has 0 saturated heterocycles. The predicted molar refractivity (Wildman–Crippen MR) is 103 cm³/mol. The van der Waals surface area contributed by atoms with E-state index in [1.54, 1.807) is 12.1 Å². The first-order valence-corrected chi connectivity index (χ1v) is 9.88. The van der Waals surface area contributed by atoms with Gasteiger partial charge in [-0.3, -0.25) is 10.2 Å². The van der Waals surface area contributed by atoms with E-state index in [0.717, 1.165) is 28.2 Å².